The summed E-state index contributed by atoms with van der Waals surface area (Å²) >= 11 is 0. The average Bonchev–Trinajstić information content (AvgIpc) is 3.07. The molecule has 1 N–H and O–H groups in total. The number of anilines is 1. The number of aromatic nitrogens is 1. The van der Waals surface area contributed by atoms with Crippen LogP contribution in [-0.2, 0) is 0 Å². The van der Waals surface area contributed by atoms with Gasteiger partial charge in [0.25, 0.3) is 0 Å². The van der Waals surface area contributed by atoms with E-state index in [1.807, 2.05) is 23.2 Å². The highest BCUT2D eigenvalue weighted by molar-refractivity contribution is 6.19. The molecule has 6 heteroatoms. The molecule has 31 heavy (non-hydrogen) atoms. The number of hydrogen-bond acceptors (Lipinski definition) is 4. The largest absolute Gasteiger partial charge is 0.328 e. The molecular weight excluding hydrogens is 386 g/mol. The van der Waals surface area contributed by atoms with E-state index in [1.165, 1.54) is 57.9 Å². The van der Waals surface area contributed by atoms with E-state index in [2.05, 4.69) is 15.2 Å². The standard InChI is InChI=1S/C25H37N5O/c31-24-28-23(27-21-10-5-2-6-11-21)25(30(24)22-12-7-15-26-18-22)13-16-29(17-14-25)19-20-8-3-1-4-9-20/h7,12,15,18,20-21H,1-6,8-11,13-14,16-17,19H2,(H,27,28,31). The maximum Gasteiger partial charge on any atom is 0.328 e. The second-order valence-electron chi connectivity index (χ2n) is 10.1. The topological polar surface area (TPSA) is 60.8 Å². The number of nitrogens with one attached hydrogen (secondary N) is 1. The lowest BCUT2D eigenvalue weighted by atomic mass is 9.83. The predicted molar refractivity (Wildman–Crippen MR) is 125 cm³/mol. The maximum absolute atomic E-state index is 13.2. The molecule has 4 aliphatic rings. The second kappa shape index (κ2) is 9.27. The van der Waals surface area contributed by atoms with Crippen molar-refractivity contribution >= 4 is 17.6 Å². The zero-order chi connectivity index (χ0) is 21.1. The summed E-state index contributed by atoms with van der Waals surface area (Å²) in [6.07, 6.45) is 18.6. The van der Waals surface area contributed by atoms with E-state index in [0.717, 1.165) is 56.2 Å². The fraction of sp³-hybridized carbons (Fsp3) is 0.720. The molecule has 3 heterocycles. The minimum atomic E-state index is -0.347. The Hall–Kier alpha value is -1.95. The highest BCUT2D eigenvalue weighted by atomic mass is 16.2. The van der Waals surface area contributed by atoms with Gasteiger partial charge < -0.3 is 4.90 Å². The van der Waals surface area contributed by atoms with Crippen molar-refractivity contribution in [1.82, 2.24) is 15.2 Å². The van der Waals surface area contributed by atoms with Crippen LogP contribution in [0, 0.1) is 5.92 Å². The van der Waals surface area contributed by atoms with Crippen molar-refractivity contribution in [3.8, 4) is 0 Å². The molecular formula is C25H37N5O. The summed E-state index contributed by atoms with van der Waals surface area (Å²) in [4.78, 5) is 27.3. The molecule has 2 saturated heterocycles. The van der Waals surface area contributed by atoms with Gasteiger partial charge in [-0.05, 0) is 56.6 Å². The van der Waals surface area contributed by atoms with Gasteiger partial charge in [0, 0.05) is 25.8 Å². The van der Waals surface area contributed by atoms with Crippen LogP contribution in [0.2, 0.25) is 0 Å². The first-order valence-corrected chi connectivity index (χ1v) is 12.6. The molecule has 2 aliphatic carbocycles. The number of amidine groups is 1. The molecule has 0 radical (unpaired) electrons. The number of piperidine rings is 1. The Morgan fingerprint density at radius 1 is 1.03 bits per heavy atom. The average molecular weight is 424 g/mol. The molecule has 0 aromatic carbocycles. The van der Waals surface area contributed by atoms with Crippen molar-refractivity contribution in [1.29, 1.82) is 0 Å². The van der Waals surface area contributed by atoms with Gasteiger partial charge in [-0.15, -0.1) is 0 Å². The first-order valence-electron chi connectivity index (χ1n) is 12.6. The summed E-state index contributed by atoms with van der Waals surface area (Å²) in [7, 11) is 0. The summed E-state index contributed by atoms with van der Waals surface area (Å²) in [5.74, 6) is 1.78. The van der Waals surface area contributed by atoms with Gasteiger partial charge in [0.2, 0.25) is 0 Å². The van der Waals surface area contributed by atoms with Gasteiger partial charge in [0.05, 0.1) is 17.9 Å². The van der Waals surface area contributed by atoms with Crippen LogP contribution in [0.15, 0.2) is 29.5 Å². The Balaban J connectivity index is 1.38. The van der Waals surface area contributed by atoms with Crippen molar-refractivity contribution in [2.45, 2.75) is 88.6 Å². The Bertz CT molecular complexity index is 774. The smallest absolute Gasteiger partial charge is 0.303 e. The van der Waals surface area contributed by atoms with Crippen molar-refractivity contribution in [3.63, 3.8) is 0 Å². The number of pyridine rings is 1. The van der Waals surface area contributed by atoms with Crippen LogP contribution in [0.4, 0.5) is 10.5 Å². The van der Waals surface area contributed by atoms with Crippen LogP contribution in [0.1, 0.15) is 77.0 Å². The predicted octanol–water partition coefficient (Wildman–Crippen LogP) is 4.76. The number of aliphatic imine (C=N–C) groups is 1. The molecule has 0 atom stereocenters. The van der Waals surface area contributed by atoms with E-state index in [1.54, 1.807) is 6.20 Å². The number of nitrogens with zero attached hydrogens (tertiary/aromatic N) is 4. The molecule has 168 valence electrons. The van der Waals surface area contributed by atoms with Gasteiger partial charge in [0.1, 0.15) is 11.4 Å². The monoisotopic (exact) mass is 423 g/mol. The lowest BCUT2D eigenvalue weighted by molar-refractivity contribution is 0.151. The van der Waals surface area contributed by atoms with E-state index in [4.69, 9.17) is 4.99 Å². The molecule has 1 spiro atoms. The molecule has 0 unspecified atom stereocenters. The number of carbonyl (C=O) groups is 1. The molecule has 4 fully saturated rings. The molecule has 2 aliphatic heterocycles. The fourth-order valence-electron chi connectivity index (χ4n) is 6.27. The molecule has 6 nitrogen and oxygen atoms in total. The zero-order valence-electron chi connectivity index (χ0n) is 18.8. The lowest BCUT2D eigenvalue weighted by Gasteiger charge is -2.44. The van der Waals surface area contributed by atoms with Gasteiger partial charge in [-0.3, -0.25) is 20.2 Å². The Morgan fingerprint density at radius 2 is 1.74 bits per heavy atom. The van der Waals surface area contributed by atoms with E-state index >= 15 is 0 Å². The quantitative estimate of drug-likeness (QED) is 0.760. The van der Waals surface area contributed by atoms with Crippen molar-refractivity contribution < 1.29 is 4.79 Å². The minimum absolute atomic E-state index is 0.0386. The van der Waals surface area contributed by atoms with Gasteiger partial charge in [0.15, 0.2) is 0 Å². The summed E-state index contributed by atoms with van der Waals surface area (Å²) in [6, 6.07) is 4.25. The van der Waals surface area contributed by atoms with E-state index in [-0.39, 0.29) is 11.6 Å². The van der Waals surface area contributed by atoms with E-state index in [0.29, 0.717) is 6.04 Å². The number of amides is 2. The van der Waals surface area contributed by atoms with Crippen LogP contribution < -0.4 is 10.2 Å². The SMILES string of the molecule is O=C1NC(=NC2CCCCC2)C2(CCN(CC3CCCCC3)CC2)N1c1cccnc1. The Morgan fingerprint density at radius 3 is 2.42 bits per heavy atom. The third-order valence-corrected chi connectivity index (χ3v) is 8.01. The summed E-state index contributed by atoms with van der Waals surface area (Å²) in [6.45, 7) is 3.29. The third kappa shape index (κ3) is 4.36. The molecule has 1 aromatic rings. The number of rotatable bonds is 4. The third-order valence-electron chi connectivity index (χ3n) is 8.01. The summed E-state index contributed by atoms with van der Waals surface area (Å²) in [5, 5.41) is 3.20. The number of hydrogen-bond donors (Lipinski definition) is 1. The maximum atomic E-state index is 13.2. The van der Waals surface area contributed by atoms with Crippen LogP contribution in [0.3, 0.4) is 0 Å². The van der Waals surface area contributed by atoms with Gasteiger partial charge in [-0.2, -0.15) is 0 Å². The van der Waals surface area contributed by atoms with Gasteiger partial charge >= 0.3 is 6.03 Å². The molecule has 0 bridgehead atoms. The normalized spacial score (nSPS) is 27.2. The van der Waals surface area contributed by atoms with Crippen LogP contribution in [-0.4, -0.2) is 53.0 Å². The van der Waals surface area contributed by atoms with E-state index in [9.17, 15) is 4.79 Å². The molecule has 1 aromatic heterocycles. The fourth-order valence-corrected chi connectivity index (χ4v) is 6.27. The molecule has 5 rings (SSSR count). The van der Waals surface area contributed by atoms with Crippen LogP contribution >= 0.6 is 0 Å². The minimum Gasteiger partial charge on any atom is -0.303 e. The zero-order valence-corrected chi connectivity index (χ0v) is 18.8. The Kier molecular flexibility index (Phi) is 6.26. The van der Waals surface area contributed by atoms with Crippen LogP contribution in [0.5, 0.6) is 0 Å². The number of urea groups is 1. The van der Waals surface area contributed by atoms with Gasteiger partial charge in [-0.1, -0.05) is 38.5 Å². The molecule has 2 amide bonds. The highest BCUT2D eigenvalue weighted by Gasteiger charge is 2.53. The van der Waals surface area contributed by atoms with E-state index < -0.39 is 0 Å². The van der Waals surface area contributed by atoms with Crippen molar-refractivity contribution in [2.75, 3.05) is 24.5 Å². The van der Waals surface area contributed by atoms with Crippen molar-refractivity contribution in [2.24, 2.45) is 10.9 Å². The first-order chi connectivity index (χ1) is 15.2. The second-order valence-corrected chi connectivity index (χ2v) is 10.1. The summed E-state index contributed by atoms with van der Waals surface area (Å²) in [5.41, 5.74) is 0.537. The lowest BCUT2D eigenvalue weighted by Crippen LogP contribution is -2.57. The highest BCUT2D eigenvalue weighted by Crippen LogP contribution is 2.39. The Labute approximate surface area is 186 Å². The summed E-state index contributed by atoms with van der Waals surface area (Å²) < 4.78 is 0. The number of likely N-dealkylation sites (tertiary alicyclic amines) is 1. The van der Waals surface area contributed by atoms with Crippen molar-refractivity contribution in [3.05, 3.63) is 24.5 Å². The molecule has 2 saturated carbocycles. The van der Waals surface area contributed by atoms with Crippen LogP contribution in [0.25, 0.3) is 0 Å². The number of carbonyl (C=O) groups excluding carboxylic acids is 1. The van der Waals surface area contributed by atoms with Gasteiger partial charge in [-0.25, -0.2) is 4.79 Å². The first kappa shape index (κ1) is 20.9.